The molecule has 3 aromatic rings. The number of carbonyl (C=O) groups is 2. The van der Waals surface area contributed by atoms with E-state index < -0.39 is 0 Å². The van der Waals surface area contributed by atoms with Crippen LogP contribution in [0.25, 0.3) is 11.1 Å². The van der Waals surface area contributed by atoms with Crippen LogP contribution in [-0.4, -0.2) is 23.9 Å². The summed E-state index contributed by atoms with van der Waals surface area (Å²) in [6.45, 7) is 3.33. The maximum absolute atomic E-state index is 12.9. The Morgan fingerprint density at radius 1 is 0.933 bits per heavy atom. The zero-order valence-electron chi connectivity index (χ0n) is 17.3. The Labute approximate surface area is 177 Å². The molecule has 1 unspecified atom stereocenters. The number of esters is 1. The maximum Gasteiger partial charge on any atom is 0.338 e. The zero-order chi connectivity index (χ0) is 21.1. The molecule has 4 heteroatoms. The Morgan fingerprint density at radius 3 is 2.40 bits per heavy atom. The molecule has 30 heavy (non-hydrogen) atoms. The van der Waals surface area contributed by atoms with E-state index in [1.165, 1.54) is 12.7 Å². The van der Waals surface area contributed by atoms with E-state index in [0.29, 0.717) is 25.1 Å². The topological polar surface area (TPSA) is 46.6 Å². The second-order valence-corrected chi connectivity index (χ2v) is 7.79. The summed E-state index contributed by atoms with van der Waals surface area (Å²) in [7, 11) is 1.39. The molecule has 1 aliphatic heterocycles. The molecule has 152 valence electrons. The molecule has 0 saturated heterocycles. The van der Waals surface area contributed by atoms with Gasteiger partial charge in [-0.1, -0.05) is 67.6 Å². The number of fused-ring (bicyclic) bond motifs is 1. The van der Waals surface area contributed by atoms with Gasteiger partial charge in [-0.05, 0) is 45.9 Å². The molecule has 0 N–H and O–H groups in total. The number of benzene rings is 3. The smallest absolute Gasteiger partial charge is 0.338 e. The Bertz CT molecular complexity index is 1070. The molecule has 0 spiro atoms. The van der Waals surface area contributed by atoms with E-state index in [0.717, 1.165) is 22.3 Å². The van der Waals surface area contributed by atoms with Crippen LogP contribution in [-0.2, 0) is 22.6 Å². The lowest BCUT2D eigenvalue weighted by atomic mass is 9.96. The fraction of sp³-hybridized carbons (Fsp3) is 0.231. The molecule has 1 aliphatic rings. The van der Waals surface area contributed by atoms with Gasteiger partial charge in [0.25, 0.3) is 0 Å². The van der Waals surface area contributed by atoms with E-state index in [2.05, 4.69) is 31.2 Å². The van der Waals surface area contributed by atoms with Gasteiger partial charge in [-0.3, -0.25) is 4.79 Å². The van der Waals surface area contributed by atoms with Gasteiger partial charge < -0.3 is 9.64 Å². The van der Waals surface area contributed by atoms with E-state index in [9.17, 15) is 9.59 Å². The normalized spacial score (nSPS) is 13.6. The van der Waals surface area contributed by atoms with Crippen LogP contribution in [0.1, 0.15) is 46.3 Å². The largest absolute Gasteiger partial charge is 0.465 e. The molecule has 0 aromatic heterocycles. The molecule has 0 radical (unpaired) electrons. The minimum atomic E-state index is -0.349. The van der Waals surface area contributed by atoms with Crippen molar-refractivity contribution in [3.8, 4) is 11.1 Å². The summed E-state index contributed by atoms with van der Waals surface area (Å²) in [5.74, 6) is 0.00164. The fourth-order valence-electron chi connectivity index (χ4n) is 4.05. The average Bonchev–Trinajstić information content (AvgIpc) is 3.22. The second kappa shape index (κ2) is 8.54. The fourth-order valence-corrected chi connectivity index (χ4v) is 4.05. The lowest BCUT2D eigenvalue weighted by Gasteiger charge is -2.18. The Morgan fingerprint density at radius 2 is 1.63 bits per heavy atom. The minimum Gasteiger partial charge on any atom is -0.465 e. The van der Waals surface area contributed by atoms with Crippen molar-refractivity contribution in [2.45, 2.75) is 32.4 Å². The number of hydrogen-bond donors (Lipinski definition) is 0. The number of ether oxygens (including phenoxy) is 1. The van der Waals surface area contributed by atoms with E-state index in [1.54, 1.807) is 6.07 Å². The SMILES string of the molecule is COC(=O)c1ccccc1-c1ccc2c(c1)CN(C(=O)CC(C)c1ccccc1)C2. The minimum absolute atomic E-state index is 0.166. The highest BCUT2D eigenvalue weighted by atomic mass is 16.5. The number of methoxy groups -OCH3 is 1. The predicted octanol–water partition coefficient (Wildman–Crippen LogP) is 5.18. The van der Waals surface area contributed by atoms with Crippen molar-refractivity contribution in [2.24, 2.45) is 0 Å². The van der Waals surface area contributed by atoms with Crippen molar-refractivity contribution in [3.05, 3.63) is 95.1 Å². The Kier molecular flexibility index (Phi) is 5.66. The van der Waals surface area contributed by atoms with Crippen LogP contribution in [0.2, 0.25) is 0 Å². The quantitative estimate of drug-likeness (QED) is 0.556. The molecule has 0 aliphatic carbocycles. The lowest BCUT2D eigenvalue weighted by Crippen LogP contribution is -2.26. The van der Waals surface area contributed by atoms with Gasteiger partial charge in [-0.2, -0.15) is 0 Å². The summed E-state index contributed by atoms with van der Waals surface area (Å²) < 4.78 is 4.92. The molecule has 4 nitrogen and oxygen atoms in total. The average molecular weight is 399 g/mol. The third-order valence-electron chi connectivity index (χ3n) is 5.77. The van der Waals surface area contributed by atoms with Gasteiger partial charge in [-0.15, -0.1) is 0 Å². The first-order chi connectivity index (χ1) is 14.6. The van der Waals surface area contributed by atoms with Crippen molar-refractivity contribution in [1.29, 1.82) is 0 Å². The standard InChI is InChI=1S/C26H25NO3/c1-18(19-8-4-3-5-9-19)14-25(28)27-16-21-13-12-20(15-22(21)17-27)23-10-6-7-11-24(23)26(29)30-2/h3-13,15,18H,14,16-17H2,1-2H3. The van der Waals surface area contributed by atoms with Crippen LogP contribution in [0, 0.1) is 0 Å². The van der Waals surface area contributed by atoms with Gasteiger partial charge in [0.15, 0.2) is 0 Å². The van der Waals surface area contributed by atoms with Crippen molar-refractivity contribution < 1.29 is 14.3 Å². The first-order valence-corrected chi connectivity index (χ1v) is 10.2. The summed E-state index contributed by atoms with van der Waals surface area (Å²) in [5.41, 5.74) is 5.83. The highest BCUT2D eigenvalue weighted by molar-refractivity contribution is 5.97. The Hall–Kier alpha value is -3.40. The lowest BCUT2D eigenvalue weighted by molar-refractivity contribution is -0.132. The summed E-state index contributed by atoms with van der Waals surface area (Å²) in [6.07, 6.45) is 0.496. The van der Waals surface area contributed by atoms with Crippen LogP contribution in [0.15, 0.2) is 72.8 Å². The number of nitrogens with zero attached hydrogens (tertiary/aromatic N) is 1. The summed E-state index contributed by atoms with van der Waals surface area (Å²) in [4.78, 5) is 26.9. The summed E-state index contributed by atoms with van der Waals surface area (Å²) >= 11 is 0. The summed E-state index contributed by atoms with van der Waals surface area (Å²) in [5, 5.41) is 0. The predicted molar refractivity (Wildman–Crippen MR) is 117 cm³/mol. The highest BCUT2D eigenvalue weighted by Crippen LogP contribution is 2.31. The number of hydrogen-bond acceptors (Lipinski definition) is 3. The van der Waals surface area contributed by atoms with Crippen molar-refractivity contribution in [1.82, 2.24) is 4.90 Å². The van der Waals surface area contributed by atoms with Gasteiger partial charge in [0, 0.05) is 19.5 Å². The third kappa shape index (κ3) is 3.99. The van der Waals surface area contributed by atoms with Crippen LogP contribution < -0.4 is 0 Å². The van der Waals surface area contributed by atoms with Crippen molar-refractivity contribution >= 4 is 11.9 Å². The summed E-state index contributed by atoms with van der Waals surface area (Å²) in [6, 6.07) is 23.8. The van der Waals surface area contributed by atoms with Gasteiger partial charge in [0.2, 0.25) is 5.91 Å². The number of rotatable bonds is 5. The molecule has 3 aromatic carbocycles. The molecule has 0 bridgehead atoms. The molecule has 4 rings (SSSR count). The van der Waals surface area contributed by atoms with Gasteiger partial charge in [0.1, 0.15) is 0 Å². The first kappa shape index (κ1) is 19.9. The molecule has 1 amide bonds. The highest BCUT2D eigenvalue weighted by Gasteiger charge is 2.25. The first-order valence-electron chi connectivity index (χ1n) is 10.2. The van der Waals surface area contributed by atoms with Gasteiger partial charge in [0.05, 0.1) is 12.7 Å². The van der Waals surface area contributed by atoms with E-state index in [-0.39, 0.29) is 17.8 Å². The van der Waals surface area contributed by atoms with Crippen molar-refractivity contribution in [3.63, 3.8) is 0 Å². The van der Waals surface area contributed by atoms with E-state index in [1.807, 2.05) is 47.4 Å². The van der Waals surface area contributed by atoms with Crippen LogP contribution >= 0.6 is 0 Å². The third-order valence-corrected chi connectivity index (χ3v) is 5.77. The van der Waals surface area contributed by atoms with Crippen LogP contribution in [0.4, 0.5) is 0 Å². The van der Waals surface area contributed by atoms with Crippen LogP contribution in [0.5, 0.6) is 0 Å². The van der Waals surface area contributed by atoms with E-state index in [4.69, 9.17) is 4.74 Å². The number of amides is 1. The van der Waals surface area contributed by atoms with Gasteiger partial charge in [-0.25, -0.2) is 4.79 Å². The zero-order valence-corrected chi connectivity index (χ0v) is 17.3. The maximum atomic E-state index is 12.9. The van der Waals surface area contributed by atoms with E-state index >= 15 is 0 Å². The van der Waals surface area contributed by atoms with Crippen molar-refractivity contribution in [2.75, 3.05) is 7.11 Å². The monoisotopic (exact) mass is 399 g/mol. The number of carbonyl (C=O) groups excluding carboxylic acids is 2. The molecular formula is C26H25NO3. The van der Waals surface area contributed by atoms with Gasteiger partial charge >= 0.3 is 5.97 Å². The molecule has 0 fully saturated rings. The molecule has 0 saturated carbocycles. The molecule has 1 atom stereocenters. The molecular weight excluding hydrogens is 374 g/mol. The Balaban J connectivity index is 1.51. The molecule has 1 heterocycles. The van der Waals surface area contributed by atoms with Crippen LogP contribution in [0.3, 0.4) is 0 Å². The second-order valence-electron chi connectivity index (χ2n) is 7.79.